The highest BCUT2D eigenvalue weighted by Gasteiger charge is 2.08. The molecule has 1 heterocycles. The zero-order valence-corrected chi connectivity index (χ0v) is 14.4. The van der Waals surface area contributed by atoms with Gasteiger partial charge >= 0.3 is 5.97 Å². The van der Waals surface area contributed by atoms with E-state index in [4.69, 9.17) is 5.11 Å². The van der Waals surface area contributed by atoms with E-state index in [0.29, 0.717) is 12.1 Å². The van der Waals surface area contributed by atoms with Gasteiger partial charge < -0.3 is 20.3 Å². The Labute approximate surface area is 150 Å². The number of carboxylic acid groups (broad SMARTS) is 1. The van der Waals surface area contributed by atoms with Crippen LogP contribution in [0.3, 0.4) is 0 Å². The minimum absolute atomic E-state index is 0.0915. The number of aromatic nitrogens is 2. The fourth-order valence-electron chi connectivity index (χ4n) is 2.64. The summed E-state index contributed by atoms with van der Waals surface area (Å²) < 4.78 is 2.00. The Kier molecular flexibility index (Phi) is 5.17. The number of rotatable bonds is 7. The van der Waals surface area contributed by atoms with Crippen LogP contribution in [-0.4, -0.2) is 33.1 Å². The molecule has 3 N–H and O–H groups in total. The lowest BCUT2D eigenvalue weighted by molar-refractivity contribution is -0.136. The molecule has 0 aliphatic heterocycles. The zero-order chi connectivity index (χ0) is 18.5. The van der Waals surface area contributed by atoms with Crippen molar-refractivity contribution in [2.75, 3.05) is 11.9 Å². The number of carboxylic acids is 1. The van der Waals surface area contributed by atoms with Gasteiger partial charge in [-0.3, -0.25) is 9.59 Å². The number of nitrogens with one attached hydrogen (secondary N) is 2. The van der Waals surface area contributed by atoms with Gasteiger partial charge in [0.05, 0.1) is 17.5 Å². The largest absolute Gasteiger partial charge is 0.481 e. The number of benzene rings is 2. The summed E-state index contributed by atoms with van der Waals surface area (Å²) in [5.74, 6) is -0.434. The molecule has 1 aromatic heterocycles. The molecule has 26 heavy (non-hydrogen) atoms. The molecule has 0 spiro atoms. The van der Waals surface area contributed by atoms with Crippen LogP contribution in [0.2, 0.25) is 0 Å². The molecular formula is C19H20N4O3. The number of hydrogen-bond donors (Lipinski definition) is 3. The average molecular weight is 352 g/mol. The van der Waals surface area contributed by atoms with Gasteiger partial charge in [0.1, 0.15) is 0 Å². The van der Waals surface area contributed by atoms with Crippen LogP contribution in [0.5, 0.6) is 0 Å². The van der Waals surface area contributed by atoms with Crippen molar-refractivity contribution in [3.05, 3.63) is 59.7 Å². The first-order chi connectivity index (χ1) is 12.5. The quantitative estimate of drug-likeness (QED) is 0.607. The Morgan fingerprint density at radius 1 is 1.12 bits per heavy atom. The number of amides is 1. The van der Waals surface area contributed by atoms with Gasteiger partial charge in [0.25, 0.3) is 5.91 Å². The number of aliphatic carboxylic acids is 1. The first kappa shape index (κ1) is 17.5. The van der Waals surface area contributed by atoms with E-state index in [1.807, 2.05) is 48.0 Å². The number of carbonyl (C=O) groups is 2. The first-order valence-electron chi connectivity index (χ1n) is 8.29. The van der Waals surface area contributed by atoms with E-state index in [1.54, 1.807) is 12.1 Å². The summed E-state index contributed by atoms with van der Waals surface area (Å²) in [5.41, 5.74) is 3.51. The monoisotopic (exact) mass is 352 g/mol. The summed E-state index contributed by atoms with van der Waals surface area (Å²) in [6.45, 7) is 0.697. The maximum absolute atomic E-state index is 11.9. The number of aryl methyl sites for hydroxylation is 1. The van der Waals surface area contributed by atoms with Crippen LogP contribution >= 0.6 is 0 Å². The Morgan fingerprint density at radius 2 is 1.85 bits per heavy atom. The van der Waals surface area contributed by atoms with Crippen LogP contribution in [0.4, 0.5) is 5.95 Å². The average Bonchev–Trinajstić information content (AvgIpc) is 2.96. The van der Waals surface area contributed by atoms with E-state index < -0.39 is 5.97 Å². The Bertz CT molecular complexity index is 932. The van der Waals surface area contributed by atoms with Crippen molar-refractivity contribution in [1.82, 2.24) is 14.9 Å². The number of imidazole rings is 1. The number of hydrogen-bond acceptors (Lipinski definition) is 4. The topological polar surface area (TPSA) is 96.2 Å². The van der Waals surface area contributed by atoms with Gasteiger partial charge in [-0.25, -0.2) is 4.98 Å². The van der Waals surface area contributed by atoms with Crippen LogP contribution in [-0.2, 0) is 18.4 Å². The fourth-order valence-corrected chi connectivity index (χ4v) is 2.64. The number of fused-ring (bicyclic) bond motifs is 1. The van der Waals surface area contributed by atoms with Crippen LogP contribution in [0, 0.1) is 0 Å². The third-order valence-corrected chi connectivity index (χ3v) is 4.08. The van der Waals surface area contributed by atoms with Crippen molar-refractivity contribution in [2.45, 2.75) is 13.0 Å². The van der Waals surface area contributed by atoms with Gasteiger partial charge in [-0.05, 0) is 29.8 Å². The van der Waals surface area contributed by atoms with Crippen molar-refractivity contribution in [1.29, 1.82) is 0 Å². The second-order valence-corrected chi connectivity index (χ2v) is 5.93. The van der Waals surface area contributed by atoms with E-state index in [2.05, 4.69) is 15.6 Å². The highest BCUT2D eigenvalue weighted by molar-refractivity contribution is 5.94. The lowest BCUT2D eigenvalue weighted by atomic mass is 10.1. The van der Waals surface area contributed by atoms with Crippen LogP contribution in [0.25, 0.3) is 11.0 Å². The standard InChI is InChI=1S/C19H20N4O3/c1-23-16-5-3-2-4-15(16)22-19(23)21-12-13-6-8-14(9-7-13)18(26)20-11-10-17(24)25/h2-9H,10-12H2,1H3,(H,20,26)(H,21,22)(H,24,25). The predicted octanol–water partition coefficient (Wildman–Crippen LogP) is 2.39. The molecule has 0 unspecified atom stereocenters. The summed E-state index contributed by atoms with van der Waals surface area (Å²) in [5, 5.41) is 14.5. The van der Waals surface area contributed by atoms with E-state index in [0.717, 1.165) is 22.5 Å². The van der Waals surface area contributed by atoms with E-state index in [1.165, 1.54) is 0 Å². The number of nitrogens with zero attached hydrogens (tertiary/aromatic N) is 2. The van der Waals surface area contributed by atoms with Crippen LogP contribution in [0.1, 0.15) is 22.3 Å². The summed E-state index contributed by atoms with van der Waals surface area (Å²) in [4.78, 5) is 27.0. The SMILES string of the molecule is Cn1c(NCc2ccc(C(=O)NCCC(=O)O)cc2)nc2ccccc21. The normalized spacial score (nSPS) is 10.7. The maximum atomic E-state index is 11.9. The molecule has 7 nitrogen and oxygen atoms in total. The highest BCUT2D eigenvalue weighted by atomic mass is 16.4. The van der Waals surface area contributed by atoms with Crippen LogP contribution < -0.4 is 10.6 Å². The van der Waals surface area contributed by atoms with E-state index in [-0.39, 0.29) is 18.9 Å². The molecule has 0 radical (unpaired) electrons. The third-order valence-electron chi connectivity index (χ3n) is 4.08. The van der Waals surface area contributed by atoms with Crippen molar-refractivity contribution in [2.24, 2.45) is 7.05 Å². The minimum Gasteiger partial charge on any atom is -0.481 e. The lowest BCUT2D eigenvalue weighted by Gasteiger charge is -2.08. The van der Waals surface area contributed by atoms with Crippen molar-refractivity contribution in [3.63, 3.8) is 0 Å². The molecule has 134 valence electrons. The second-order valence-electron chi connectivity index (χ2n) is 5.93. The van der Waals surface area contributed by atoms with Gasteiger partial charge in [0.2, 0.25) is 5.95 Å². The number of anilines is 1. The summed E-state index contributed by atoms with van der Waals surface area (Å²) in [6.07, 6.45) is -0.0915. The summed E-state index contributed by atoms with van der Waals surface area (Å²) >= 11 is 0. The molecule has 0 aliphatic carbocycles. The molecule has 3 aromatic rings. The molecule has 0 saturated heterocycles. The highest BCUT2D eigenvalue weighted by Crippen LogP contribution is 2.18. The van der Waals surface area contributed by atoms with Gasteiger partial charge in [-0.2, -0.15) is 0 Å². The molecule has 7 heteroatoms. The van der Waals surface area contributed by atoms with E-state index in [9.17, 15) is 9.59 Å². The second kappa shape index (κ2) is 7.69. The molecular weight excluding hydrogens is 332 g/mol. The zero-order valence-electron chi connectivity index (χ0n) is 14.4. The Morgan fingerprint density at radius 3 is 2.54 bits per heavy atom. The van der Waals surface area contributed by atoms with Gasteiger partial charge in [-0.1, -0.05) is 24.3 Å². The van der Waals surface area contributed by atoms with Crippen molar-refractivity contribution >= 4 is 28.9 Å². The summed E-state index contributed by atoms with van der Waals surface area (Å²) in [7, 11) is 1.96. The third kappa shape index (κ3) is 4.00. The van der Waals surface area contributed by atoms with Gasteiger partial charge in [-0.15, -0.1) is 0 Å². The molecule has 0 bridgehead atoms. The first-order valence-corrected chi connectivity index (χ1v) is 8.29. The van der Waals surface area contributed by atoms with Gasteiger partial charge in [0.15, 0.2) is 0 Å². The summed E-state index contributed by atoms with van der Waals surface area (Å²) in [6, 6.07) is 15.1. The number of para-hydroxylation sites is 2. The molecule has 0 atom stereocenters. The fraction of sp³-hybridized carbons (Fsp3) is 0.211. The number of carbonyl (C=O) groups excluding carboxylic acids is 1. The Balaban J connectivity index is 1.59. The van der Waals surface area contributed by atoms with Gasteiger partial charge in [0, 0.05) is 25.7 Å². The van der Waals surface area contributed by atoms with Crippen molar-refractivity contribution < 1.29 is 14.7 Å². The molecule has 0 saturated carbocycles. The molecule has 1 amide bonds. The predicted molar refractivity (Wildman–Crippen MR) is 99.1 cm³/mol. The van der Waals surface area contributed by atoms with E-state index >= 15 is 0 Å². The van der Waals surface area contributed by atoms with Crippen LogP contribution in [0.15, 0.2) is 48.5 Å². The molecule has 0 fully saturated rings. The Hall–Kier alpha value is -3.35. The molecule has 2 aromatic carbocycles. The minimum atomic E-state index is -0.936. The smallest absolute Gasteiger partial charge is 0.305 e. The molecule has 0 aliphatic rings. The maximum Gasteiger partial charge on any atom is 0.305 e. The lowest BCUT2D eigenvalue weighted by Crippen LogP contribution is -2.25. The van der Waals surface area contributed by atoms with Crippen molar-refractivity contribution in [3.8, 4) is 0 Å². The molecule has 3 rings (SSSR count).